The predicted molar refractivity (Wildman–Crippen MR) is 54.9 cm³/mol. The van der Waals surface area contributed by atoms with Crippen LogP contribution in [0.4, 0.5) is 5.69 Å². The van der Waals surface area contributed by atoms with Crippen molar-refractivity contribution in [2.75, 3.05) is 4.90 Å². The van der Waals surface area contributed by atoms with Crippen molar-refractivity contribution < 1.29 is 5.11 Å². The van der Waals surface area contributed by atoms with Gasteiger partial charge in [-0.1, -0.05) is 15.9 Å². The van der Waals surface area contributed by atoms with E-state index in [1.165, 1.54) is 0 Å². The number of hydrogen-bond donors (Lipinski definition) is 2. The lowest BCUT2D eigenvalue weighted by atomic mass is 10.3. The van der Waals surface area contributed by atoms with E-state index in [9.17, 15) is 5.11 Å². The van der Waals surface area contributed by atoms with Crippen molar-refractivity contribution in [3.05, 3.63) is 41.1 Å². The molecule has 0 saturated heterocycles. The second-order valence-electron chi connectivity index (χ2n) is 2.74. The molecule has 1 aliphatic rings. The normalized spacial score (nSPS) is 20.5. The van der Waals surface area contributed by atoms with Crippen LogP contribution in [0.3, 0.4) is 0 Å². The van der Waals surface area contributed by atoms with Gasteiger partial charge in [0.25, 0.3) is 0 Å². The molecule has 0 fully saturated rings. The Kier molecular flexibility index (Phi) is 2.24. The number of hydrogen-bond acceptors (Lipinski definition) is 3. The highest BCUT2D eigenvalue weighted by atomic mass is 79.9. The maximum absolute atomic E-state index is 9.45. The first-order chi connectivity index (χ1) is 6.27. The highest BCUT2D eigenvalue weighted by Gasteiger charge is 2.15. The second-order valence-corrected chi connectivity index (χ2v) is 3.66. The molecule has 2 N–H and O–H groups in total. The molecule has 1 aromatic rings. The van der Waals surface area contributed by atoms with Crippen LogP contribution in [-0.4, -0.2) is 11.5 Å². The molecule has 2 rings (SSSR count). The van der Waals surface area contributed by atoms with E-state index >= 15 is 0 Å². The summed E-state index contributed by atoms with van der Waals surface area (Å²) in [5, 5.41) is 12.2. The average Bonchev–Trinajstić information content (AvgIpc) is 2.53. The van der Waals surface area contributed by atoms with Crippen LogP contribution in [0.1, 0.15) is 0 Å². The summed E-state index contributed by atoms with van der Waals surface area (Å²) < 4.78 is 1.03. The van der Waals surface area contributed by atoms with E-state index in [4.69, 9.17) is 0 Å². The van der Waals surface area contributed by atoms with E-state index in [1.807, 2.05) is 24.3 Å². The van der Waals surface area contributed by atoms with E-state index < -0.39 is 6.35 Å². The zero-order valence-electron chi connectivity index (χ0n) is 6.81. The summed E-state index contributed by atoms with van der Waals surface area (Å²) in [4.78, 5) is 1.74. The number of anilines is 1. The fourth-order valence-corrected chi connectivity index (χ4v) is 1.48. The van der Waals surface area contributed by atoms with Gasteiger partial charge >= 0.3 is 0 Å². The van der Waals surface area contributed by atoms with Crippen LogP contribution in [-0.2, 0) is 0 Å². The smallest absolute Gasteiger partial charge is 0.208 e. The molecule has 68 valence electrons. The van der Waals surface area contributed by atoms with Crippen molar-refractivity contribution in [2.45, 2.75) is 6.35 Å². The standard InChI is InChI=1S/C9H9BrN2O/c10-7-1-3-8(4-2-7)12-6-5-11-9(12)13/h1-6,9,11,13H. The van der Waals surface area contributed by atoms with Crippen LogP contribution in [0.15, 0.2) is 41.1 Å². The number of aliphatic hydroxyl groups is 1. The molecule has 1 heterocycles. The Bertz CT molecular complexity index is 323. The van der Waals surface area contributed by atoms with Crippen molar-refractivity contribution in [1.29, 1.82) is 0 Å². The highest BCUT2D eigenvalue weighted by molar-refractivity contribution is 9.10. The van der Waals surface area contributed by atoms with Crippen molar-refractivity contribution in [3.8, 4) is 0 Å². The van der Waals surface area contributed by atoms with Crippen LogP contribution >= 0.6 is 15.9 Å². The van der Waals surface area contributed by atoms with Gasteiger partial charge in [0.1, 0.15) is 0 Å². The molecular weight excluding hydrogens is 232 g/mol. The summed E-state index contributed by atoms with van der Waals surface area (Å²) in [5.74, 6) is 0. The van der Waals surface area contributed by atoms with Gasteiger partial charge in [-0.2, -0.15) is 0 Å². The van der Waals surface area contributed by atoms with Gasteiger partial charge in [-0.05, 0) is 24.3 Å². The van der Waals surface area contributed by atoms with E-state index in [0.29, 0.717) is 0 Å². The number of rotatable bonds is 1. The van der Waals surface area contributed by atoms with Gasteiger partial charge in [-0.3, -0.25) is 0 Å². The van der Waals surface area contributed by atoms with Gasteiger partial charge in [0, 0.05) is 22.6 Å². The zero-order chi connectivity index (χ0) is 9.26. The van der Waals surface area contributed by atoms with Crippen LogP contribution in [0, 0.1) is 0 Å². The molecule has 3 nitrogen and oxygen atoms in total. The minimum atomic E-state index is -0.652. The fraction of sp³-hybridized carbons (Fsp3) is 0.111. The zero-order valence-corrected chi connectivity index (χ0v) is 8.40. The van der Waals surface area contributed by atoms with Crippen LogP contribution < -0.4 is 10.2 Å². The molecule has 0 spiro atoms. The third kappa shape index (κ3) is 1.68. The van der Waals surface area contributed by atoms with Crippen LogP contribution in [0.2, 0.25) is 0 Å². The van der Waals surface area contributed by atoms with Crippen molar-refractivity contribution in [3.63, 3.8) is 0 Å². The Labute approximate surface area is 84.8 Å². The predicted octanol–water partition coefficient (Wildman–Crippen LogP) is 1.61. The molecule has 1 aromatic carbocycles. The molecule has 0 radical (unpaired) electrons. The first-order valence-corrected chi connectivity index (χ1v) is 4.71. The average molecular weight is 241 g/mol. The molecule has 13 heavy (non-hydrogen) atoms. The number of aliphatic hydroxyl groups excluding tert-OH is 1. The lowest BCUT2D eigenvalue weighted by molar-refractivity contribution is 0.168. The van der Waals surface area contributed by atoms with E-state index in [1.54, 1.807) is 17.3 Å². The first-order valence-electron chi connectivity index (χ1n) is 3.92. The highest BCUT2D eigenvalue weighted by Crippen LogP contribution is 2.21. The first kappa shape index (κ1) is 8.59. The maximum Gasteiger partial charge on any atom is 0.208 e. The van der Waals surface area contributed by atoms with Gasteiger partial charge in [0.15, 0.2) is 0 Å². The molecule has 1 atom stereocenters. The Balaban J connectivity index is 2.25. The summed E-state index contributed by atoms with van der Waals surface area (Å²) in [6.45, 7) is 0. The molecule has 0 saturated carbocycles. The molecule has 0 amide bonds. The molecular formula is C9H9BrN2O. The number of nitrogens with one attached hydrogen (secondary N) is 1. The van der Waals surface area contributed by atoms with Gasteiger partial charge < -0.3 is 15.3 Å². The fourth-order valence-electron chi connectivity index (χ4n) is 1.21. The largest absolute Gasteiger partial charge is 0.356 e. The second kappa shape index (κ2) is 3.40. The van der Waals surface area contributed by atoms with Gasteiger partial charge in [-0.25, -0.2) is 0 Å². The Morgan fingerprint density at radius 1 is 1.31 bits per heavy atom. The van der Waals surface area contributed by atoms with Crippen molar-refractivity contribution in [1.82, 2.24) is 5.32 Å². The van der Waals surface area contributed by atoms with Gasteiger partial charge in [-0.15, -0.1) is 0 Å². The quantitative estimate of drug-likeness (QED) is 0.783. The third-order valence-electron chi connectivity index (χ3n) is 1.87. The molecule has 1 aliphatic heterocycles. The lowest BCUT2D eigenvalue weighted by Gasteiger charge is -2.20. The van der Waals surface area contributed by atoms with Gasteiger partial charge in [0.05, 0.1) is 0 Å². The topological polar surface area (TPSA) is 35.5 Å². The Hall–Kier alpha value is -1.000. The van der Waals surface area contributed by atoms with E-state index in [2.05, 4.69) is 21.2 Å². The van der Waals surface area contributed by atoms with Crippen molar-refractivity contribution >= 4 is 21.6 Å². The lowest BCUT2D eigenvalue weighted by Crippen LogP contribution is -2.34. The molecule has 1 unspecified atom stereocenters. The Morgan fingerprint density at radius 3 is 2.54 bits per heavy atom. The molecule has 0 aromatic heterocycles. The summed E-state index contributed by atoms with van der Waals surface area (Å²) in [6, 6.07) is 7.75. The molecule has 0 bridgehead atoms. The maximum atomic E-state index is 9.45. The number of halogens is 1. The van der Waals surface area contributed by atoms with E-state index in [-0.39, 0.29) is 0 Å². The minimum absolute atomic E-state index is 0.652. The van der Waals surface area contributed by atoms with E-state index in [0.717, 1.165) is 10.2 Å². The summed E-state index contributed by atoms with van der Waals surface area (Å²) in [7, 11) is 0. The third-order valence-corrected chi connectivity index (χ3v) is 2.40. The molecule has 4 heteroatoms. The summed E-state index contributed by atoms with van der Waals surface area (Å²) >= 11 is 3.35. The van der Waals surface area contributed by atoms with Gasteiger partial charge in [0.2, 0.25) is 6.35 Å². The minimum Gasteiger partial charge on any atom is -0.356 e. The summed E-state index contributed by atoms with van der Waals surface area (Å²) in [5.41, 5.74) is 0.956. The number of benzene rings is 1. The molecule has 0 aliphatic carbocycles. The van der Waals surface area contributed by atoms with Crippen molar-refractivity contribution in [2.24, 2.45) is 0 Å². The SMILES string of the molecule is OC1NC=CN1c1ccc(Br)cc1. The monoisotopic (exact) mass is 240 g/mol. The Morgan fingerprint density at radius 2 is 2.00 bits per heavy atom. The number of nitrogens with zero attached hydrogens (tertiary/aromatic N) is 1. The van der Waals surface area contributed by atoms with Crippen LogP contribution in [0.5, 0.6) is 0 Å². The van der Waals surface area contributed by atoms with Crippen LogP contribution in [0.25, 0.3) is 0 Å². The summed E-state index contributed by atoms with van der Waals surface area (Å²) in [6.07, 6.45) is 2.86.